The minimum atomic E-state index is -0.158. The Morgan fingerprint density at radius 2 is 2.09 bits per heavy atom. The van der Waals surface area contributed by atoms with E-state index in [1.807, 2.05) is 25.1 Å². The molecule has 1 aliphatic rings. The predicted molar refractivity (Wildman–Crippen MR) is 86.0 cm³/mol. The molecule has 2 amide bonds. The Hall–Kier alpha value is -1.60. The van der Waals surface area contributed by atoms with Gasteiger partial charge in [0.25, 0.3) is 5.91 Å². The van der Waals surface area contributed by atoms with Gasteiger partial charge in [0.2, 0.25) is 5.91 Å². The van der Waals surface area contributed by atoms with Crippen molar-refractivity contribution in [2.75, 3.05) is 19.7 Å². The van der Waals surface area contributed by atoms with Crippen LogP contribution in [-0.2, 0) is 9.59 Å². The average molecular weight is 370 g/mol. The highest BCUT2D eigenvalue weighted by Gasteiger charge is 2.27. The molecule has 1 aromatic carbocycles. The molecule has 1 aromatic rings. The number of hydrazine groups is 1. The Morgan fingerprint density at radius 1 is 1.41 bits per heavy atom. The Labute approximate surface area is 138 Å². The molecule has 0 aromatic heterocycles. The largest absolute Gasteiger partial charge is 0.483 e. The van der Waals surface area contributed by atoms with E-state index in [0.717, 1.165) is 10.0 Å². The van der Waals surface area contributed by atoms with E-state index in [-0.39, 0.29) is 24.3 Å². The molecular weight excluding hydrogens is 350 g/mol. The smallest absolute Gasteiger partial charge is 0.260 e. The molecule has 2 rings (SSSR count). The van der Waals surface area contributed by atoms with Crippen molar-refractivity contribution in [3.8, 4) is 5.75 Å². The zero-order chi connectivity index (χ0) is 16.1. The summed E-state index contributed by atoms with van der Waals surface area (Å²) in [5, 5.41) is 0. The van der Waals surface area contributed by atoms with Crippen LogP contribution >= 0.6 is 15.9 Å². The second-order valence-electron chi connectivity index (χ2n) is 5.36. The number of carbonyl (C=O) groups excluding carboxylic acids is 2. The molecule has 0 atom stereocenters. The van der Waals surface area contributed by atoms with Crippen molar-refractivity contribution >= 4 is 27.7 Å². The molecule has 6 nitrogen and oxygen atoms in total. The maximum absolute atomic E-state index is 12.2. The van der Waals surface area contributed by atoms with Crippen molar-refractivity contribution in [2.24, 2.45) is 11.8 Å². The maximum Gasteiger partial charge on any atom is 0.260 e. The fourth-order valence-electron chi connectivity index (χ4n) is 2.51. The zero-order valence-electron chi connectivity index (χ0n) is 12.5. The fraction of sp³-hybridized carbons (Fsp3) is 0.467. The molecule has 0 aliphatic carbocycles. The highest BCUT2D eigenvalue weighted by Crippen LogP contribution is 2.22. The van der Waals surface area contributed by atoms with Crippen molar-refractivity contribution in [3.63, 3.8) is 0 Å². The molecule has 0 unspecified atom stereocenters. The standard InChI is InChI=1S/C15H20BrN3O3/c1-10-8-12(16)2-3-13(10)22-9-14(20)19-6-4-11(5-7-19)15(21)18-17/h2-3,8,11H,4-7,9,17H2,1H3,(H,18,21). The highest BCUT2D eigenvalue weighted by molar-refractivity contribution is 9.10. The van der Waals surface area contributed by atoms with Crippen molar-refractivity contribution in [2.45, 2.75) is 19.8 Å². The SMILES string of the molecule is Cc1cc(Br)ccc1OCC(=O)N1CCC(C(=O)NN)CC1. The van der Waals surface area contributed by atoms with Gasteiger partial charge in [-0.15, -0.1) is 0 Å². The fourth-order valence-corrected chi connectivity index (χ4v) is 2.99. The van der Waals surface area contributed by atoms with Gasteiger partial charge in [-0.1, -0.05) is 15.9 Å². The first kappa shape index (κ1) is 16.8. The van der Waals surface area contributed by atoms with Crippen LogP contribution in [0, 0.1) is 12.8 Å². The Bertz CT molecular complexity index is 557. The van der Waals surface area contributed by atoms with Gasteiger partial charge in [-0.25, -0.2) is 5.84 Å². The lowest BCUT2D eigenvalue weighted by atomic mass is 9.96. The molecule has 120 valence electrons. The minimum absolute atomic E-state index is 0.0101. The van der Waals surface area contributed by atoms with Crippen molar-refractivity contribution in [1.82, 2.24) is 10.3 Å². The number of benzene rings is 1. The molecule has 1 aliphatic heterocycles. The number of halogens is 1. The summed E-state index contributed by atoms with van der Waals surface area (Å²) in [6, 6.07) is 5.66. The third-order valence-corrected chi connectivity index (χ3v) is 4.34. The Morgan fingerprint density at radius 3 is 2.68 bits per heavy atom. The lowest BCUT2D eigenvalue weighted by Gasteiger charge is -2.31. The predicted octanol–water partition coefficient (Wildman–Crippen LogP) is 1.36. The molecular formula is C15H20BrN3O3. The van der Waals surface area contributed by atoms with E-state index >= 15 is 0 Å². The van der Waals surface area contributed by atoms with Gasteiger partial charge < -0.3 is 9.64 Å². The monoisotopic (exact) mass is 369 g/mol. The topological polar surface area (TPSA) is 84.7 Å². The summed E-state index contributed by atoms with van der Waals surface area (Å²) in [5.41, 5.74) is 3.14. The van der Waals surface area contributed by atoms with E-state index < -0.39 is 0 Å². The number of carbonyl (C=O) groups is 2. The van der Waals surface area contributed by atoms with E-state index in [0.29, 0.717) is 31.7 Å². The molecule has 0 radical (unpaired) electrons. The van der Waals surface area contributed by atoms with E-state index in [1.165, 1.54) is 0 Å². The maximum atomic E-state index is 12.2. The second kappa shape index (κ2) is 7.60. The number of nitrogens with two attached hydrogens (primary N) is 1. The van der Waals surface area contributed by atoms with Gasteiger partial charge in [0.1, 0.15) is 5.75 Å². The first-order chi connectivity index (χ1) is 10.5. The zero-order valence-corrected chi connectivity index (χ0v) is 14.1. The van der Waals surface area contributed by atoms with Crippen LogP contribution in [-0.4, -0.2) is 36.4 Å². The number of amides is 2. The Balaban J connectivity index is 1.82. The molecule has 7 heteroatoms. The number of ether oxygens (including phenoxy) is 1. The van der Waals surface area contributed by atoms with Gasteiger partial charge in [-0.3, -0.25) is 15.0 Å². The van der Waals surface area contributed by atoms with Gasteiger partial charge in [-0.2, -0.15) is 0 Å². The van der Waals surface area contributed by atoms with Crippen LogP contribution in [0.2, 0.25) is 0 Å². The van der Waals surface area contributed by atoms with Gasteiger partial charge in [0.05, 0.1) is 0 Å². The first-order valence-corrected chi connectivity index (χ1v) is 7.97. The molecule has 0 bridgehead atoms. The van der Waals surface area contributed by atoms with Crippen molar-refractivity contribution in [3.05, 3.63) is 28.2 Å². The summed E-state index contributed by atoms with van der Waals surface area (Å²) < 4.78 is 6.57. The summed E-state index contributed by atoms with van der Waals surface area (Å²) in [6.07, 6.45) is 1.26. The molecule has 22 heavy (non-hydrogen) atoms. The van der Waals surface area contributed by atoms with E-state index in [4.69, 9.17) is 10.6 Å². The van der Waals surface area contributed by atoms with E-state index in [1.54, 1.807) is 4.90 Å². The van der Waals surface area contributed by atoms with Gasteiger partial charge >= 0.3 is 0 Å². The summed E-state index contributed by atoms with van der Waals surface area (Å²) >= 11 is 3.39. The number of nitrogens with one attached hydrogen (secondary N) is 1. The summed E-state index contributed by atoms with van der Waals surface area (Å²) in [6.45, 7) is 3.05. The molecule has 1 heterocycles. The number of hydrogen-bond acceptors (Lipinski definition) is 4. The summed E-state index contributed by atoms with van der Waals surface area (Å²) in [7, 11) is 0. The number of aryl methyl sites for hydroxylation is 1. The van der Waals surface area contributed by atoms with Gasteiger partial charge in [0, 0.05) is 23.5 Å². The van der Waals surface area contributed by atoms with Crippen LogP contribution in [0.15, 0.2) is 22.7 Å². The molecule has 0 spiro atoms. The summed E-state index contributed by atoms with van der Waals surface area (Å²) in [5.74, 6) is 5.51. The summed E-state index contributed by atoms with van der Waals surface area (Å²) in [4.78, 5) is 25.3. The average Bonchev–Trinajstić information content (AvgIpc) is 2.53. The number of piperidine rings is 1. The second-order valence-corrected chi connectivity index (χ2v) is 6.28. The lowest BCUT2D eigenvalue weighted by molar-refractivity contribution is -0.137. The van der Waals surface area contributed by atoms with Crippen LogP contribution in [0.25, 0.3) is 0 Å². The number of nitrogens with zero attached hydrogens (tertiary/aromatic N) is 1. The number of hydrogen-bond donors (Lipinski definition) is 2. The van der Waals surface area contributed by atoms with Gasteiger partial charge in [-0.05, 0) is 43.5 Å². The Kier molecular flexibility index (Phi) is 5.79. The minimum Gasteiger partial charge on any atom is -0.483 e. The van der Waals surface area contributed by atoms with E-state index in [9.17, 15) is 9.59 Å². The number of rotatable bonds is 4. The van der Waals surface area contributed by atoms with Crippen LogP contribution < -0.4 is 16.0 Å². The van der Waals surface area contributed by atoms with Crippen molar-refractivity contribution < 1.29 is 14.3 Å². The van der Waals surface area contributed by atoms with Crippen LogP contribution in [0.1, 0.15) is 18.4 Å². The quantitative estimate of drug-likeness (QED) is 0.476. The number of likely N-dealkylation sites (tertiary alicyclic amines) is 1. The lowest BCUT2D eigenvalue weighted by Crippen LogP contribution is -2.45. The molecule has 3 N–H and O–H groups in total. The van der Waals surface area contributed by atoms with Gasteiger partial charge in [0.15, 0.2) is 6.61 Å². The normalized spacial score (nSPS) is 15.5. The first-order valence-electron chi connectivity index (χ1n) is 7.18. The van der Waals surface area contributed by atoms with Crippen LogP contribution in [0.3, 0.4) is 0 Å². The van der Waals surface area contributed by atoms with Crippen LogP contribution in [0.5, 0.6) is 5.75 Å². The van der Waals surface area contributed by atoms with Crippen LogP contribution in [0.4, 0.5) is 0 Å². The third kappa shape index (κ3) is 4.20. The molecule has 0 saturated carbocycles. The highest BCUT2D eigenvalue weighted by atomic mass is 79.9. The third-order valence-electron chi connectivity index (χ3n) is 3.85. The molecule has 1 saturated heterocycles. The molecule has 1 fully saturated rings. The van der Waals surface area contributed by atoms with E-state index in [2.05, 4.69) is 21.4 Å². The van der Waals surface area contributed by atoms with Crippen molar-refractivity contribution in [1.29, 1.82) is 0 Å².